The van der Waals surface area contributed by atoms with Gasteiger partial charge in [0, 0.05) is 0 Å². The Labute approximate surface area is 158 Å². The van der Waals surface area contributed by atoms with Crippen LogP contribution in [0.1, 0.15) is 16.7 Å². The highest BCUT2D eigenvalue weighted by molar-refractivity contribution is 9.10. The number of phenolic OH excluding ortho intramolecular Hbond substituents is 1. The van der Waals surface area contributed by atoms with Crippen LogP contribution < -0.4 is 5.32 Å². The molecule has 1 fully saturated rings. The van der Waals surface area contributed by atoms with Crippen molar-refractivity contribution < 1.29 is 14.7 Å². The molecule has 0 atom stereocenters. The molecule has 5 nitrogen and oxygen atoms in total. The molecule has 128 valence electrons. The van der Waals surface area contributed by atoms with Gasteiger partial charge in [-0.15, -0.1) is 0 Å². The number of imide groups is 1. The molecule has 1 saturated heterocycles. The minimum atomic E-state index is -0.472. The summed E-state index contributed by atoms with van der Waals surface area (Å²) in [6, 6.07) is 10.3. The third-order valence-electron chi connectivity index (χ3n) is 3.77. The van der Waals surface area contributed by atoms with E-state index in [1.54, 1.807) is 6.07 Å². The van der Waals surface area contributed by atoms with E-state index in [-0.39, 0.29) is 23.0 Å². The summed E-state index contributed by atoms with van der Waals surface area (Å²) in [4.78, 5) is 25.8. The van der Waals surface area contributed by atoms with Crippen molar-refractivity contribution in [2.75, 3.05) is 0 Å². The van der Waals surface area contributed by atoms with Crippen LogP contribution in [0.4, 0.5) is 4.79 Å². The molecular weight excluding hydrogens is 408 g/mol. The van der Waals surface area contributed by atoms with Crippen molar-refractivity contribution in [2.24, 2.45) is 0 Å². The summed E-state index contributed by atoms with van der Waals surface area (Å²) in [5.74, 6) is -0.488. The molecule has 0 spiro atoms. The van der Waals surface area contributed by atoms with Crippen LogP contribution in [0.25, 0.3) is 6.08 Å². The van der Waals surface area contributed by atoms with Gasteiger partial charge in [-0.25, -0.2) is 4.79 Å². The van der Waals surface area contributed by atoms with Crippen molar-refractivity contribution >= 4 is 45.5 Å². The largest absolute Gasteiger partial charge is 0.505 e. The Bertz CT molecular complexity index is 871. The number of hydrogen-bond donors (Lipinski definition) is 2. The highest BCUT2D eigenvalue weighted by Crippen LogP contribution is 2.33. The summed E-state index contributed by atoms with van der Waals surface area (Å²) in [7, 11) is 0. The molecule has 0 radical (unpaired) electrons. The quantitative estimate of drug-likeness (QED) is 0.576. The standard InChI is InChI=1S/C18H14BrClN2O3/c1-10-2-4-11(5-3-10)9-22-17(24)15(21-18(22)25)8-12-6-13(19)16(23)14(20)7-12/h2-8,23H,9H2,1H3,(H,21,25)/b15-8+. The van der Waals surface area contributed by atoms with Crippen LogP contribution in [0.5, 0.6) is 5.75 Å². The number of urea groups is 1. The molecule has 0 unspecified atom stereocenters. The van der Waals surface area contributed by atoms with E-state index < -0.39 is 11.9 Å². The van der Waals surface area contributed by atoms with Crippen LogP contribution in [0.3, 0.4) is 0 Å². The van der Waals surface area contributed by atoms with Gasteiger partial charge in [-0.3, -0.25) is 9.69 Å². The zero-order valence-corrected chi connectivity index (χ0v) is 15.6. The zero-order valence-electron chi connectivity index (χ0n) is 13.2. The van der Waals surface area contributed by atoms with Gasteiger partial charge in [0.2, 0.25) is 0 Å². The van der Waals surface area contributed by atoms with Crippen molar-refractivity contribution in [3.63, 3.8) is 0 Å². The summed E-state index contributed by atoms with van der Waals surface area (Å²) in [5.41, 5.74) is 2.71. The summed E-state index contributed by atoms with van der Waals surface area (Å²) < 4.78 is 0.403. The summed E-state index contributed by atoms with van der Waals surface area (Å²) in [6.45, 7) is 2.17. The second kappa shape index (κ2) is 6.90. The molecule has 1 heterocycles. The second-order valence-electron chi connectivity index (χ2n) is 5.70. The molecule has 2 aromatic carbocycles. The number of halogens is 2. The van der Waals surface area contributed by atoms with Gasteiger partial charge in [-0.1, -0.05) is 41.4 Å². The number of rotatable bonds is 3. The number of carbonyl (C=O) groups is 2. The molecule has 0 aromatic heterocycles. The second-order valence-corrected chi connectivity index (χ2v) is 6.96. The maximum atomic E-state index is 12.5. The van der Waals surface area contributed by atoms with E-state index in [9.17, 15) is 14.7 Å². The monoisotopic (exact) mass is 420 g/mol. The molecule has 0 bridgehead atoms. The number of carbonyl (C=O) groups excluding carboxylic acids is 2. The Morgan fingerprint density at radius 2 is 1.92 bits per heavy atom. The Hall–Kier alpha value is -2.31. The lowest BCUT2D eigenvalue weighted by Crippen LogP contribution is -2.30. The van der Waals surface area contributed by atoms with Gasteiger partial charge in [0.25, 0.3) is 5.91 Å². The lowest BCUT2D eigenvalue weighted by molar-refractivity contribution is -0.123. The van der Waals surface area contributed by atoms with E-state index in [1.807, 2.05) is 31.2 Å². The lowest BCUT2D eigenvalue weighted by atomic mass is 10.1. The first-order valence-corrected chi connectivity index (χ1v) is 8.60. The van der Waals surface area contributed by atoms with Gasteiger partial charge in [-0.05, 0) is 52.2 Å². The average Bonchev–Trinajstić information content (AvgIpc) is 2.82. The summed E-state index contributed by atoms with van der Waals surface area (Å²) in [6.07, 6.45) is 1.52. The fourth-order valence-electron chi connectivity index (χ4n) is 2.43. The molecule has 3 amide bonds. The first-order valence-electron chi connectivity index (χ1n) is 7.43. The average molecular weight is 422 g/mol. The molecule has 25 heavy (non-hydrogen) atoms. The molecule has 7 heteroatoms. The molecule has 3 rings (SSSR count). The lowest BCUT2D eigenvalue weighted by Gasteiger charge is -2.11. The van der Waals surface area contributed by atoms with Crippen molar-refractivity contribution in [1.82, 2.24) is 10.2 Å². The zero-order chi connectivity index (χ0) is 18.1. The van der Waals surface area contributed by atoms with Gasteiger partial charge >= 0.3 is 6.03 Å². The summed E-state index contributed by atoms with van der Waals surface area (Å²) >= 11 is 9.12. The maximum absolute atomic E-state index is 12.5. The number of aromatic hydroxyl groups is 1. The molecule has 0 aliphatic carbocycles. The number of nitrogens with one attached hydrogen (secondary N) is 1. The van der Waals surface area contributed by atoms with Crippen molar-refractivity contribution in [1.29, 1.82) is 0 Å². The molecule has 2 aromatic rings. The van der Waals surface area contributed by atoms with Crippen molar-refractivity contribution in [3.8, 4) is 5.75 Å². The van der Waals surface area contributed by atoms with E-state index in [0.717, 1.165) is 16.0 Å². The molecular formula is C18H14BrClN2O3. The van der Waals surface area contributed by atoms with Crippen LogP contribution in [0.2, 0.25) is 5.02 Å². The smallest absolute Gasteiger partial charge is 0.329 e. The predicted octanol–water partition coefficient (Wildman–Crippen LogP) is 4.21. The van der Waals surface area contributed by atoms with Gasteiger partial charge in [0.15, 0.2) is 0 Å². The highest BCUT2D eigenvalue weighted by Gasteiger charge is 2.33. The Morgan fingerprint density at radius 1 is 1.24 bits per heavy atom. The van der Waals surface area contributed by atoms with E-state index in [4.69, 9.17) is 11.6 Å². The first-order chi connectivity index (χ1) is 11.8. The minimum Gasteiger partial charge on any atom is -0.505 e. The van der Waals surface area contributed by atoms with Crippen LogP contribution in [0, 0.1) is 6.92 Å². The third-order valence-corrected chi connectivity index (χ3v) is 4.67. The number of aryl methyl sites for hydroxylation is 1. The van der Waals surface area contributed by atoms with E-state index in [1.165, 1.54) is 12.1 Å². The van der Waals surface area contributed by atoms with Crippen molar-refractivity contribution in [2.45, 2.75) is 13.5 Å². The number of nitrogens with zero attached hydrogens (tertiary/aromatic N) is 1. The number of hydrogen-bond acceptors (Lipinski definition) is 3. The predicted molar refractivity (Wildman–Crippen MR) is 99.1 cm³/mol. The van der Waals surface area contributed by atoms with Crippen LogP contribution >= 0.6 is 27.5 Å². The SMILES string of the molecule is Cc1ccc(CN2C(=O)N/C(=C/c3cc(Cl)c(O)c(Br)c3)C2=O)cc1. The van der Waals surface area contributed by atoms with Gasteiger partial charge in [0.1, 0.15) is 11.4 Å². The van der Waals surface area contributed by atoms with E-state index >= 15 is 0 Å². The van der Waals surface area contributed by atoms with Crippen molar-refractivity contribution in [3.05, 3.63) is 68.3 Å². The number of amides is 3. The van der Waals surface area contributed by atoms with E-state index in [0.29, 0.717) is 10.0 Å². The molecule has 2 N–H and O–H groups in total. The minimum absolute atomic E-state index is 0.0772. The Morgan fingerprint density at radius 3 is 2.56 bits per heavy atom. The highest BCUT2D eigenvalue weighted by atomic mass is 79.9. The topological polar surface area (TPSA) is 69.6 Å². The third kappa shape index (κ3) is 3.70. The van der Waals surface area contributed by atoms with Gasteiger partial charge in [-0.2, -0.15) is 0 Å². The van der Waals surface area contributed by atoms with E-state index in [2.05, 4.69) is 21.2 Å². The Balaban J connectivity index is 1.84. The number of benzene rings is 2. The van der Waals surface area contributed by atoms with Gasteiger partial charge < -0.3 is 10.4 Å². The van der Waals surface area contributed by atoms with Crippen LogP contribution in [0.15, 0.2) is 46.6 Å². The molecule has 1 aliphatic rings. The summed E-state index contributed by atoms with van der Waals surface area (Å²) in [5, 5.41) is 12.4. The van der Waals surface area contributed by atoms with Gasteiger partial charge in [0.05, 0.1) is 16.0 Å². The van der Waals surface area contributed by atoms with Crippen LogP contribution in [-0.2, 0) is 11.3 Å². The number of phenols is 1. The molecule has 1 aliphatic heterocycles. The Kier molecular flexibility index (Phi) is 4.83. The fourth-order valence-corrected chi connectivity index (χ4v) is 3.25. The van der Waals surface area contributed by atoms with Crippen LogP contribution in [-0.4, -0.2) is 21.9 Å². The first kappa shape index (κ1) is 17.5. The normalized spacial score (nSPS) is 15.8. The molecule has 0 saturated carbocycles. The fraction of sp³-hybridized carbons (Fsp3) is 0.111. The maximum Gasteiger partial charge on any atom is 0.329 e.